The number of likely N-dealkylation sites (tertiary alicyclic amines) is 1. The van der Waals surface area contributed by atoms with E-state index in [2.05, 4.69) is 25.2 Å². The summed E-state index contributed by atoms with van der Waals surface area (Å²) < 4.78 is 5.52. The number of hydrogen-bond donors (Lipinski definition) is 4. The second-order valence-corrected chi connectivity index (χ2v) is 10.7. The number of carbonyl (C=O) groups is 2. The third-order valence-corrected chi connectivity index (χ3v) is 7.79. The van der Waals surface area contributed by atoms with Crippen molar-refractivity contribution >= 4 is 34.2 Å². The van der Waals surface area contributed by atoms with Crippen molar-refractivity contribution in [2.24, 2.45) is 0 Å². The first-order chi connectivity index (χ1) is 20.7. The molecule has 2 aliphatic heterocycles. The van der Waals surface area contributed by atoms with E-state index in [1.165, 1.54) is 35.4 Å². The number of nitrogens with one attached hydrogen (secondary N) is 3. The Bertz CT molecular complexity index is 1720. The van der Waals surface area contributed by atoms with Crippen molar-refractivity contribution in [1.82, 2.24) is 24.8 Å². The van der Waals surface area contributed by atoms with E-state index in [4.69, 9.17) is 4.74 Å². The standard InChI is InChI=1S/C29H29N7O7/c1-34-10-7-16(8-11-34)35-28(39)20-12-23-24(13-21(20)29(35)40)33-26(32-23)25-22(6-9-30-27(25)38)31-14-18(37)15-43-19-4-2-17(3-5-19)36(41)42/h2-6,9,12-13,16,18,37H,7-8,10-11,14-15H2,1H3,(H,32,33)(H2,30,31,38). The Morgan fingerprint density at radius 3 is 2.51 bits per heavy atom. The zero-order valence-electron chi connectivity index (χ0n) is 23.2. The summed E-state index contributed by atoms with van der Waals surface area (Å²) in [6.45, 7) is 1.55. The lowest BCUT2D eigenvalue weighted by Crippen LogP contribution is -2.46. The number of anilines is 1. The summed E-state index contributed by atoms with van der Waals surface area (Å²) in [7, 11) is 2.02. The number of aromatic nitrogens is 3. The van der Waals surface area contributed by atoms with Gasteiger partial charge in [0.25, 0.3) is 23.1 Å². The molecule has 0 radical (unpaired) electrons. The lowest BCUT2D eigenvalue weighted by atomic mass is 10.0. The van der Waals surface area contributed by atoms with Crippen LogP contribution in [-0.2, 0) is 0 Å². The SMILES string of the molecule is CN1CCC(N2C(=O)c3cc4nc(-c5c(NCC(O)COc6ccc([N+](=O)[O-])cc6)cc[nH]c5=O)[nH]c4cc3C2=O)CC1. The van der Waals surface area contributed by atoms with E-state index in [0.29, 0.717) is 33.6 Å². The topological polar surface area (TPSA) is 187 Å². The maximum Gasteiger partial charge on any atom is 0.269 e. The molecular formula is C29H29N7O7. The Morgan fingerprint density at radius 1 is 1.12 bits per heavy atom. The minimum absolute atomic E-state index is 0.0216. The molecule has 2 amide bonds. The molecule has 2 aromatic heterocycles. The van der Waals surface area contributed by atoms with Crippen molar-refractivity contribution in [3.05, 3.63) is 80.3 Å². The van der Waals surface area contributed by atoms with Crippen LogP contribution in [0.3, 0.4) is 0 Å². The summed E-state index contributed by atoms with van der Waals surface area (Å²) in [6.07, 6.45) is 1.94. The number of imide groups is 1. The number of nitro benzene ring substituents is 1. The summed E-state index contributed by atoms with van der Waals surface area (Å²) in [5.41, 5.74) is 1.62. The number of nitrogens with zero attached hydrogens (tertiary/aromatic N) is 4. The fraction of sp³-hybridized carbons (Fsp3) is 0.310. The van der Waals surface area contributed by atoms with Gasteiger partial charge in [-0.05, 0) is 63.3 Å². The number of carbonyl (C=O) groups excluding carboxylic acids is 2. The Balaban J connectivity index is 1.18. The molecule has 2 aliphatic rings. The number of H-pyrrole nitrogens is 2. The summed E-state index contributed by atoms with van der Waals surface area (Å²) in [5.74, 6) is -0.0582. The first-order valence-corrected chi connectivity index (χ1v) is 13.8. The minimum Gasteiger partial charge on any atom is -0.491 e. The number of piperidine rings is 1. The number of aromatic amines is 2. The number of imidazole rings is 1. The number of amides is 2. The Kier molecular flexibility index (Phi) is 7.38. The van der Waals surface area contributed by atoms with Gasteiger partial charge in [-0.2, -0.15) is 0 Å². The molecular weight excluding hydrogens is 558 g/mol. The molecule has 6 rings (SSSR count). The van der Waals surface area contributed by atoms with Crippen LogP contribution in [0.5, 0.6) is 5.75 Å². The minimum atomic E-state index is -0.981. The van der Waals surface area contributed by atoms with E-state index < -0.39 is 16.6 Å². The monoisotopic (exact) mass is 587 g/mol. The molecule has 0 bridgehead atoms. The van der Waals surface area contributed by atoms with Crippen LogP contribution in [0, 0.1) is 10.1 Å². The molecule has 4 N–H and O–H groups in total. The molecule has 4 aromatic rings. The average molecular weight is 588 g/mol. The Morgan fingerprint density at radius 2 is 1.81 bits per heavy atom. The fourth-order valence-corrected chi connectivity index (χ4v) is 5.47. The Labute approximate surface area is 244 Å². The van der Waals surface area contributed by atoms with Gasteiger partial charge in [0.05, 0.1) is 32.8 Å². The van der Waals surface area contributed by atoms with Gasteiger partial charge in [0, 0.05) is 30.9 Å². The van der Waals surface area contributed by atoms with Crippen molar-refractivity contribution < 1.29 is 24.4 Å². The normalized spacial score (nSPS) is 16.5. The number of pyridine rings is 1. The van der Waals surface area contributed by atoms with Gasteiger partial charge in [-0.15, -0.1) is 0 Å². The van der Waals surface area contributed by atoms with Crippen LogP contribution in [0.2, 0.25) is 0 Å². The highest BCUT2D eigenvalue weighted by Gasteiger charge is 2.41. The van der Waals surface area contributed by atoms with Crippen LogP contribution in [-0.4, -0.2) is 92.0 Å². The smallest absolute Gasteiger partial charge is 0.269 e. The zero-order valence-corrected chi connectivity index (χ0v) is 23.2. The highest BCUT2D eigenvalue weighted by Crippen LogP contribution is 2.32. The van der Waals surface area contributed by atoms with Crippen molar-refractivity contribution in [1.29, 1.82) is 0 Å². The van der Waals surface area contributed by atoms with Crippen LogP contribution in [0.1, 0.15) is 33.6 Å². The summed E-state index contributed by atoms with van der Waals surface area (Å²) in [5, 5.41) is 24.3. The number of nitro groups is 1. The first kappa shape index (κ1) is 28.1. The van der Waals surface area contributed by atoms with Crippen LogP contribution >= 0.6 is 0 Å². The van der Waals surface area contributed by atoms with E-state index in [1.54, 1.807) is 18.2 Å². The van der Waals surface area contributed by atoms with Crippen molar-refractivity contribution in [2.75, 3.05) is 38.6 Å². The average Bonchev–Trinajstić information content (AvgIpc) is 3.51. The molecule has 1 unspecified atom stereocenters. The third-order valence-electron chi connectivity index (χ3n) is 7.79. The third kappa shape index (κ3) is 5.45. The van der Waals surface area contributed by atoms with E-state index in [0.717, 1.165) is 25.9 Å². The van der Waals surface area contributed by atoms with E-state index in [9.17, 15) is 29.6 Å². The van der Waals surface area contributed by atoms with Gasteiger partial charge in [0.2, 0.25) is 0 Å². The fourth-order valence-electron chi connectivity index (χ4n) is 5.47. The number of ether oxygens (including phenoxy) is 1. The van der Waals surface area contributed by atoms with Crippen molar-refractivity contribution in [3.8, 4) is 17.1 Å². The van der Waals surface area contributed by atoms with Gasteiger partial charge >= 0.3 is 0 Å². The van der Waals surface area contributed by atoms with Gasteiger partial charge in [0.1, 0.15) is 29.8 Å². The van der Waals surface area contributed by atoms with Crippen LogP contribution in [0.4, 0.5) is 11.4 Å². The predicted molar refractivity (Wildman–Crippen MR) is 156 cm³/mol. The molecule has 2 aromatic carbocycles. The van der Waals surface area contributed by atoms with Gasteiger partial charge < -0.3 is 30.0 Å². The number of hydrogen-bond acceptors (Lipinski definition) is 10. The molecule has 1 saturated heterocycles. The number of fused-ring (bicyclic) bond motifs is 2. The molecule has 14 nitrogen and oxygen atoms in total. The van der Waals surface area contributed by atoms with Gasteiger partial charge in [-0.25, -0.2) is 4.98 Å². The molecule has 222 valence electrons. The number of aliphatic hydroxyl groups excluding tert-OH is 1. The lowest BCUT2D eigenvalue weighted by molar-refractivity contribution is -0.384. The summed E-state index contributed by atoms with van der Waals surface area (Å²) in [6, 6.07) is 10.2. The highest BCUT2D eigenvalue weighted by atomic mass is 16.6. The van der Waals surface area contributed by atoms with Gasteiger partial charge in [-0.3, -0.25) is 29.4 Å². The molecule has 0 aliphatic carbocycles. The number of benzene rings is 2. The molecule has 0 spiro atoms. The second kappa shape index (κ2) is 11.3. The highest BCUT2D eigenvalue weighted by molar-refractivity contribution is 6.23. The quantitative estimate of drug-likeness (QED) is 0.129. The number of non-ortho nitro benzene ring substituents is 1. The van der Waals surface area contributed by atoms with E-state index in [-0.39, 0.29) is 48.1 Å². The Hall–Kier alpha value is -5.08. The molecule has 4 heterocycles. The lowest BCUT2D eigenvalue weighted by Gasteiger charge is -2.33. The van der Waals surface area contributed by atoms with Crippen molar-refractivity contribution in [3.63, 3.8) is 0 Å². The second-order valence-electron chi connectivity index (χ2n) is 10.7. The summed E-state index contributed by atoms with van der Waals surface area (Å²) in [4.78, 5) is 63.6. The molecule has 1 atom stereocenters. The van der Waals surface area contributed by atoms with Crippen LogP contribution in [0.25, 0.3) is 22.4 Å². The predicted octanol–water partition coefficient (Wildman–Crippen LogP) is 2.37. The van der Waals surface area contributed by atoms with Gasteiger partial charge in [-0.1, -0.05) is 0 Å². The molecule has 14 heteroatoms. The van der Waals surface area contributed by atoms with Crippen molar-refractivity contribution in [2.45, 2.75) is 25.0 Å². The first-order valence-electron chi connectivity index (χ1n) is 13.8. The van der Waals surface area contributed by atoms with E-state index in [1.807, 2.05) is 7.05 Å². The summed E-state index contributed by atoms with van der Waals surface area (Å²) >= 11 is 0. The molecule has 43 heavy (non-hydrogen) atoms. The molecule has 0 saturated carbocycles. The van der Waals surface area contributed by atoms with Crippen LogP contribution in [0.15, 0.2) is 53.5 Å². The largest absolute Gasteiger partial charge is 0.491 e. The van der Waals surface area contributed by atoms with Crippen LogP contribution < -0.4 is 15.6 Å². The number of aliphatic hydroxyl groups is 1. The molecule has 1 fully saturated rings. The van der Waals surface area contributed by atoms with E-state index >= 15 is 0 Å². The number of rotatable bonds is 9. The van der Waals surface area contributed by atoms with Gasteiger partial charge in [0.15, 0.2) is 0 Å². The zero-order chi connectivity index (χ0) is 30.2. The maximum atomic E-state index is 13.3. The maximum absolute atomic E-state index is 13.3.